The summed E-state index contributed by atoms with van der Waals surface area (Å²) in [6, 6.07) is 13.3. The Morgan fingerprint density at radius 3 is 2.92 bits per heavy atom. The van der Waals surface area contributed by atoms with Crippen LogP contribution in [0.1, 0.15) is 5.56 Å². The third-order valence-electron chi connectivity index (χ3n) is 3.89. The van der Waals surface area contributed by atoms with Gasteiger partial charge in [-0.1, -0.05) is 18.2 Å². The molecule has 6 heteroatoms. The van der Waals surface area contributed by atoms with Crippen LogP contribution in [0.3, 0.4) is 0 Å². The van der Waals surface area contributed by atoms with Crippen LogP contribution in [0, 0.1) is 5.82 Å². The van der Waals surface area contributed by atoms with E-state index >= 15 is 0 Å². The molecule has 1 aromatic heterocycles. The normalized spacial score (nSPS) is 15.8. The molecular weight excluding hydrogens is 325 g/mol. The fraction of sp³-hybridized carbons (Fsp3) is 0.158. The molecule has 1 aliphatic rings. The van der Waals surface area contributed by atoms with Gasteiger partial charge in [-0.15, -0.1) is 0 Å². The molecule has 3 aromatic rings. The van der Waals surface area contributed by atoms with Crippen LogP contribution in [0.25, 0.3) is 10.9 Å². The summed E-state index contributed by atoms with van der Waals surface area (Å²) in [4.78, 5) is 16.5. The zero-order chi connectivity index (χ0) is 17.2. The summed E-state index contributed by atoms with van der Waals surface area (Å²) >= 11 is 0. The maximum atomic E-state index is 13.7. The Kier molecular flexibility index (Phi) is 3.93. The van der Waals surface area contributed by atoms with Gasteiger partial charge in [-0.3, -0.25) is 4.98 Å². The second-order valence-corrected chi connectivity index (χ2v) is 5.61. The molecule has 4 rings (SSSR count). The first-order valence-electron chi connectivity index (χ1n) is 7.79. The highest BCUT2D eigenvalue weighted by molar-refractivity contribution is 5.82. The molecule has 2 aromatic carbocycles. The lowest BCUT2D eigenvalue weighted by Crippen LogP contribution is -2.37. The van der Waals surface area contributed by atoms with E-state index in [2.05, 4.69) is 4.98 Å². The smallest absolute Gasteiger partial charge is 0.351 e. The lowest BCUT2D eigenvalue weighted by atomic mass is 10.1. The third-order valence-corrected chi connectivity index (χ3v) is 3.89. The van der Waals surface area contributed by atoms with Gasteiger partial charge in [0.15, 0.2) is 11.5 Å². The molecule has 0 saturated carbocycles. The number of esters is 1. The molecular formula is C19H14FNO4. The minimum Gasteiger partial charge on any atom is -0.485 e. The van der Waals surface area contributed by atoms with Gasteiger partial charge in [-0.05, 0) is 30.3 Å². The summed E-state index contributed by atoms with van der Waals surface area (Å²) < 4.78 is 30.1. The summed E-state index contributed by atoms with van der Waals surface area (Å²) in [5.74, 6) is 0.112. The van der Waals surface area contributed by atoms with Crippen LogP contribution >= 0.6 is 0 Å². The number of hydrogen-bond acceptors (Lipinski definition) is 5. The first-order valence-corrected chi connectivity index (χ1v) is 7.79. The van der Waals surface area contributed by atoms with Gasteiger partial charge >= 0.3 is 5.97 Å². The Morgan fingerprint density at radius 2 is 2.04 bits per heavy atom. The molecule has 2 heterocycles. The van der Waals surface area contributed by atoms with E-state index in [0.717, 1.165) is 0 Å². The first-order chi connectivity index (χ1) is 12.2. The Bertz CT molecular complexity index is 944. The maximum absolute atomic E-state index is 13.7. The number of ether oxygens (including phenoxy) is 3. The monoisotopic (exact) mass is 339 g/mol. The van der Waals surface area contributed by atoms with E-state index in [4.69, 9.17) is 14.2 Å². The van der Waals surface area contributed by atoms with Crippen LogP contribution < -0.4 is 9.47 Å². The van der Waals surface area contributed by atoms with E-state index in [1.807, 2.05) is 6.07 Å². The largest absolute Gasteiger partial charge is 0.485 e. The number of carbonyl (C=O) groups is 1. The zero-order valence-electron chi connectivity index (χ0n) is 13.1. The molecule has 0 unspecified atom stereocenters. The third kappa shape index (κ3) is 3.10. The molecule has 5 nitrogen and oxygen atoms in total. The van der Waals surface area contributed by atoms with E-state index in [9.17, 15) is 9.18 Å². The molecule has 25 heavy (non-hydrogen) atoms. The Morgan fingerprint density at radius 1 is 1.20 bits per heavy atom. The van der Waals surface area contributed by atoms with Crippen molar-refractivity contribution in [3.8, 4) is 11.5 Å². The second kappa shape index (κ2) is 6.39. The van der Waals surface area contributed by atoms with Gasteiger partial charge in [-0.25, -0.2) is 9.18 Å². The molecule has 0 saturated heterocycles. The number of carbonyl (C=O) groups excluding carboxylic acids is 1. The molecule has 126 valence electrons. The van der Waals surface area contributed by atoms with Crippen molar-refractivity contribution >= 4 is 16.9 Å². The minimum atomic E-state index is -0.859. The van der Waals surface area contributed by atoms with Crippen molar-refractivity contribution < 1.29 is 23.4 Å². The van der Waals surface area contributed by atoms with Crippen LogP contribution in [-0.2, 0) is 16.1 Å². The van der Waals surface area contributed by atoms with Crippen LogP contribution in [0.5, 0.6) is 11.5 Å². The van der Waals surface area contributed by atoms with E-state index < -0.39 is 17.9 Å². The maximum Gasteiger partial charge on any atom is 0.351 e. The standard InChI is InChI=1S/C19H14FNO4/c20-14-8-12-4-3-7-21-18(12)13(9-14)10-24-19(22)17-11-23-15-5-1-2-6-16(15)25-17/h1-9,17H,10-11H2/t17-/m1/s1. The lowest BCUT2D eigenvalue weighted by Gasteiger charge is -2.25. The Labute approximate surface area is 143 Å². The van der Waals surface area contributed by atoms with Crippen molar-refractivity contribution in [3.05, 3.63) is 66.1 Å². The highest BCUT2D eigenvalue weighted by Gasteiger charge is 2.28. The number of para-hydroxylation sites is 2. The summed E-state index contributed by atoms with van der Waals surface area (Å²) in [6.07, 6.45) is 0.753. The van der Waals surface area contributed by atoms with Gasteiger partial charge in [0.25, 0.3) is 0 Å². The predicted octanol–water partition coefficient (Wildman–Crippen LogP) is 3.26. The molecule has 0 aliphatic carbocycles. The van der Waals surface area contributed by atoms with Gasteiger partial charge in [-0.2, -0.15) is 0 Å². The topological polar surface area (TPSA) is 57.7 Å². The Hall–Kier alpha value is -3.15. The number of fused-ring (bicyclic) bond motifs is 2. The van der Waals surface area contributed by atoms with Gasteiger partial charge < -0.3 is 14.2 Å². The number of hydrogen-bond donors (Lipinski definition) is 0. The van der Waals surface area contributed by atoms with E-state index in [1.54, 1.807) is 36.5 Å². The molecule has 0 spiro atoms. The van der Waals surface area contributed by atoms with Crippen LogP contribution in [0.2, 0.25) is 0 Å². The fourth-order valence-corrected chi connectivity index (χ4v) is 2.72. The van der Waals surface area contributed by atoms with Gasteiger partial charge in [0, 0.05) is 17.1 Å². The van der Waals surface area contributed by atoms with E-state index in [-0.39, 0.29) is 13.2 Å². The average Bonchev–Trinajstić information content (AvgIpc) is 2.65. The number of halogens is 1. The minimum absolute atomic E-state index is 0.0675. The number of nitrogens with zero attached hydrogens (tertiary/aromatic N) is 1. The summed E-state index contributed by atoms with van der Waals surface area (Å²) in [5, 5.41) is 0.653. The van der Waals surface area contributed by atoms with Crippen LogP contribution in [0.15, 0.2) is 54.7 Å². The molecule has 0 fully saturated rings. The van der Waals surface area contributed by atoms with Gasteiger partial charge in [0.2, 0.25) is 6.10 Å². The van der Waals surface area contributed by atoms with Crippen molar-refractivity contribution in [2.45, 2.75) is 12.7 Å². The van der Waals surface area contributed by atoms with Gasteiger partial charge in [0.1, 0.15) is 19.0 Å². The molecule has 0 bridgehead atoms. The van der Waals surface area contributed by atoms with E-state index in [0.29, 0.717) is 28.0 Å². The quantitative estimate of drug-likeness (QED) is 0.686. The number of rotatable bonds is 3. The number of pyridine rings is 1. The fourth-order valence-electron chi connectivity index (χ4n) is 2.72. The van der Waals surface area contributed by atoms with Crippen molar-refractivity contribution in [2.75, 3.05) is 6.61 Å². The number of benzene rings is 2. The zero-order valence-corrected chi connectivity index (χ0v) is 13.1. The Balaban J connectivity index is 1.48. The predicted molar refractivity (Wildman–Crippen MR) is 87.9 cm³/mol. The van der Waals surface area contributed by atoms with Crippen molar-refractivity contribution in [3.63, 3.8) is 0 Å². The van der Waals surface area contributed by atoms with Gasteiger partial charge in [0.05, 0.1) is 5.52 Å². The average molecular weight is 339 g/mol. The highest BCUT2D eigenvalue weighted by atomic mass is 19.1. The summed E-state index contributed by atoms with van der Waals surface area (Å²) in [5.41, 5.74) is 1.10. The molecule has 1 atom stereocenters. The molecule has 0 amide bonds. The first kappa shape index (κ1) is 15.4. The summed E-state index contributed by atoms with van der Waals surface area (Å²) in [7, 11) is 0. The highest BCUT2D eigenvalue weighted by Crippen LogP contribution is 2.31. The second-order valence-electron chi connectivity index (χ2n) is 5.61. The van der Waals surface area contributed by atoms with Crippen molar-refractivity contribution in [2.24, 2.45) is 0 Å². The van der Waals surface area contributed by atoms with Crippen LogP contribution in [-0.4, -0.2) is 23.7 Å². The SMILES string of the molecule is O=C(OCc1cc(F)cc2cccnc12)[C@H]1COc2ccccc2O1. The summed E-state index contributed by atoms with van der Waals surface area (Å²) in [6.45, 7) is -0.0242. The van der Waals surface area contributed by atoms with Crippen LogP contribution in [0.4, 0.5) is 4.39 Å². The molecule has 0 radical (unpaired) electrons. The number of aromatic nitrogens is 1. The molecule has 1 aliphatic heterocycles. The van der Waals surface area contributed by atoms with Crippen molar-refractivity contribution in [1.82, 2.24) is 4.98 Å². The van der Waals surface area contributed by atoms with Crippen molar-refractivity contribution in [1.29, 1.82) is 0 Å². The molecule has 0 N–H and O–H groups in total. The lowest BCUT2D eigenvalue weighted by molar-refractivity contribution is -0.155. The van der Waals surface area contributed by atoms with E-state index in [1.165, 1.54) is 12.1 Å².